The number of hydrogen-bond donors (Lipinski definition) is 2. The molecule has 0 aliphatic rings. The van der Waals surface area contributed by atoms with E-state index in [0.717, 1.165) is 22.2 Å². The van der Waals surface area contributed by atoms with E-state index in [1.54, 1.807) is 7.11 Å². The summed E-state index contributed by atoms with van der Waals surface area (Å²) in [4.78, 5) is 12.1. The van der Waals surface area contributed by atoms with Gasteiger partial charge in [-0.15, -0.1) is 0 Å². The molecule has 1 atom stereocenters. The van der Waals surface area contributed by atoms with Crippen LogP contribution in [0.5, 0.6) is 5.75 Å². The number of amides is 1. The third-order valence-corrected chi connectivity index (χ3v) is 4.52. The van der Waals surface area contributed by atoms with Crippen LogP contribution in [0.4, 0.5) is 0 Å². The quantitative estimate of drug-likeness (QED) is 0.726. The summed E-state index contributed by atoms with van der Waals surface area (Å²) < 4.78 is 6.36. The minimum Gasteiger partial charge on any atom is -0.496 e. The van der Waals surface area contributed by atoms with E-state index >= 15 is 0 Å². The molecule has 2 rings (SSSR count). The Morgan fingerprint density at radius 1 is 1.21 bits per heavy atom. The topological polar surface area (TPSA) is 54.9 Å². The molecule has 0 unspecified atom stereocenters. The van der Waals surface area contributed by atoms with Crippen LogP contribution in [0.15, 0.2) is 53.0 Å². The summed E-state index contributed by atoms with van der Waals surface area (Å²) >= 11 is 3.45. The maximum atomic E-state index is 12.1. The summed E-state index contributed by atoms with van der Waals surface area (Å²) in [5, 5.41) is 5.04. The van der Waals surface area contributed by atoms with Crippen LogP contribution in [-0.4, -0.2) is 19.6 Å². The number of hydrogen-bond acceptors (Lipinski definition) is 2. The zero-order valence-corrected chi connectivity index (χ0v) is 15.7. The number of methoxy groups -OCH3 is 1. The Balaban J connectivity index is 1.84. The second-order valence-electron chi connectivity index (χ2n) is 5.59. The van der Waals surface area contributed by atoms with Gasteiger partial charge in [-0.05, 0) is 18.2 Å². The zero-order valence-electron chi connectivity index (χ0n) is 14.1. The molecule has 0 aliphatic carbocycles. The van der Waals surface area contributed by atoms with Gasteiger partial charge in [-0.25, -0.2) is 0 Å². The Labute approximate surface area is 151 Å². The van der Waals surface area contributed by atoms with E-state index in [0.29, 0.717) is 13.1 Å². The van der Waals surface area contributed by atoms with Gasteiger partial charge in [0.25, 0.3) is 5.91 Å². The van der Waals surface area contributed by atoms with E-state index in [1.165, 1.54) is 5.56 Å². The van der Waals surface area contributed by atoms with Gasteiger partial charge in [-0.1, -0.05) is 53.2 Å². The van der Waals surface area contributed by atoms with Gasteiger partial charge in [0.2, 0.25) is 0 Å². The van der Waals surface area contributed by atoms with Gasteiger partial charge in [0.15, 0.2) is 6.54 Å². The zero-order chi connectivity index (χ0) is 17.4. The van der Waals surface area contributed by atoms with Crippen LogP contribution in [0.3, 0.4) is 0 Å². The number of quaternary nitrogens is 1. The number of para-hydroxylation sites is 1. The molecule has 0 fully saturated rings. The monoisotopic (exact) mass is 391 g/mol. The van der Waals surface area contributed by atoms with Crippen molar-refractivity contribution >= 4 is 21.8 Å². The van der Waals surface area contributed by atoms with Gasteiger partial charge >= 0.3 is 0 Å². The predicted molar refractivity (Wildman–Crippen MR) is 98.8 cm³/mol. The fraction of sp³-hybridized carbons (Fsp3) is 0.316. The Morgan fingerprint density at radius 2 is 1.92 bits per heavy atom. The normalized spacial score (nSPS) is 11.8. The van der Waals surface area contributed by atoms with Crippen molar-refractivity contribution in [1.82, 2.24) is 5.32 Å². The van der Waals surface area contributed by atoms with Crippen molar-refractivity contribution < 1.29 is 14.8 Å². The lowest BCUT2D eigenvalue weighted by Crippen LogP contribution is -2.87. The first kappa shape index (κ1) is 18.5. The van der Waals surface area contributed by atoms with Gasteiger partial charge in [0, 0.05) is 28.6 Å². The molecule has 0 radical (unpaired) electrons. The average Bonchev–Trinajstić information content (AvgIpc) is 2.62. The molecule has 5 heteroatoms. The molecule has 0 saturated heterocycles. The van der Waals surface area contributed by atoms with Crippen LogP contribution in [-0.2, 0) is 11.3 Å². The molecular weight excluding hydrogens is 368 g/mol. The summed E-state index contributed by atoms with van der Waals surface area (Å²) in [5.74, 6) is 0.819. The van der Waals surface area contributed by atoms with Crippen LogP contribution in [0, 0.1) is 0 Å². The Morgan fingerprint density at radius 3 is 2.58 bits per heavy atom. The number of rotatable bonds is 8. The second kappa shape index (κ2) is 9.45. The highest BCUT2D eigenvalue weighted by Gasteiger charge is 2.14. The largest absolute Gasteiger partial charge is 0.496 e. The first-order chi connectivity index (χ1) is 11.6. The SMILES string of the molecule is CC[C@H]([NH2+]CC(=O)NCc1ccccc1OC)c1ccc(Br)cc1. The standard InChI is InChI=1S/C19H23BrN2O2/c1-3-17(14-8-10-16(20)11-9-14)21-13-19(23)22-12-15-6-4-5-7-18(15)24-2/h4-11,17,21H,3,12-13H2,1-2H3,(H,22,23)/p+1/t17-/m0/s1. The van der Waals surface area contributed by atoms with Gasteiger partial charge in [0.05, 0.1) is 7.11 Å². The minimum atomic E-state index is 0.0245. The predicted octanol–water partition coefficient (Wildman–Crippen LogP) is 2.79. The molecule has 3 N–H and O–H groups in total. The van der Waals surface area contributed by atoms with Crippen LogP contribution in [0.1, 0.15) is 30.5 Å². The van der Waals surface area contributed by atoms with E-state index in [4.69, 9.17) is 4.74 Å². The summed E-state index contributed by atoms with van der Waals surface area (Å²) in [7, 11) is 1.64. The van der Waals surface area contributed by atoms with Crippen LogP contribution >= 0.6 is 15.9 Å². The molecule has 2 aromatic rings. The highest BCUT2D eigenvalue weighted by molar-refractivity contribution is 9.10. The highest BCUT2D eigenvalue weighted by atomic mass is 79.9. The third-order valence-electron chi connectivity index (χ3n) is 3.99. The van der Waals surface area contributed by atoms with Gasteiger partial charge in [0.1, 0.15) is 11.8 Å². The molecular formula is C19H24BrN2O2+. The van der Waals surface area contributed by atoms with Crippen molar-refractivity contribution in [2.24, 2.45) is 0 Å². The van der Waals surface area contributed by atoms with Crippen molar-refractivity contribution in [3.05, 3.63) is 64.1 Å². The number of nitrogens with two attached hydrogens (primary N) is 1. The van der Waals surface area contributed by atoms with Crippen molar-refractivity contribution in [1.29, 1.82) is 0 Å². The summed E-state index contributed by atoms with van der Waals surface area (Å²) in [6, 6.07) is 16.3. The molecule has 0 spiro atoms. The number of carbonyl (C=O) groups excluding carboxylic acids is 1. The summed E-state index contributed by atoms with van der Waals surface area (Å²) in [6.45, 7) is 3.02. The maximum absolute atomic E-state index is 12.1. The molecule has 0 aliphatic heterocycles. The van der Waals surface area contributed by atoms with Gasteiger partial charge in [-0.2, -0.15) is 0 Å². The summed E-state index contributed by atoms with van der Waals surface area (Å²) in [6.07, 6.45) is 0.974. The Hall–Kier alpha value is -1.85. The molecule has 1 amide bonds. The highest BCUT2D eigenvalue weighted by Crippen LogP contribution is 2.17. The molecule has 0 aromatic heterocycles. The third kappa shape index (κ3) is 5.35. The lowest BCUT2D eigenvalue weighted by molar-refractivity contribution is -0.686. The molecule has 128 valence electrons. The second-order valence-corrected chi connectivity index (χ2v) is 6.51. The van der Waals surface area contributed by atoms with E-state index in [-0.39, 0.29) is 11.9 Å². The van der Waals surface area contributed by atoms with Crippen molar-refractivity contribution in [2.45, 2.75) is 25.9 Å². The lowest BCUT2D eigenvalue weighted by Gasteiger charge is -2.14. The Bertz CT molecular complexity index is 659. The van der Waals surface area contributed by atoms with Crippen LogP contribution in [0.2, 0.25) is 0 Å². The van der Waals surface area contributed by atoms with Crippen molar-refractivity contribution in [3.63, 3.8) is 0 Å². The number of halogens is 1. The minimum absolute atomic E-state index is 0.0245. The fourth-order valence-electron chi connectivity index (χ4n) is 2.61. The molecule has 0 heterocycles. The van der Waals surface area contributed by atoms with E-state index in [2.05, 4.69) is 45.6 Å². The Kier molecular flexibility index (Phi) is 7.28. The van der Waals surface area contributed by atoms with Gasteiger partial charge < -0.3 is 15.4 Å². The van der Waals surface area contributed by atoms with Crippen molar-refractivity contribution in [2.75, 3.05) is 13.7 Å². The average molecular weight is 392 g/mol. The van der Waals surface area contributed by atoms with Gasteiger partial charge in [-0.3, -0.25) is 4.79 Å². The van der Waals surface area contributed by atoms with Crippen molar-refractivity contribution in [3.8, 4) is 5.75 Å². The first-order valence-electron chi connectivity index (χ1n) is 8.11. The van der Waals surface area contributed by atoms with E-state index in [1.807, 2.05) is 36.4 Å². The maximum Gasteiger partial charge on any atom is 0.275 e. The lowest BCUT2D eigenvalue weighted by atomic mass is 10.0. The molecule has 0 saturated carbocycles. The molecule has 24 heavy (non-hydrogen) atoms. The number of ether oxygens (including phenoxy) is 1. The molecule has 2 aromatic carbocycles. The first-order valence-corrected chi connectivity index (χ1v) is 8.90. The number of benzene rings is 2. The van der Waals surface area contributed by atoms with E-state index in [9.17, 15) is 4.79 Å². The van der Waals surface area contributed by atoms with Crippen LogP contribution < -0.4 is 15.4 Å². The fourth-order valence-corrected chi connectivity index (χ4v) is 2.88. The molecule has 4 nitrogen and oxygen atoms in total. The molecule has 0 bridgehead atoms. The smallest absolute Gasteiger partial charge is 0.275 e. The summed E-state index contributed by atoms with van der Waals surface area (Å²) in [5.41, 5.74) is 2.21. The number of nitrogens with one attached hydrogen (secondary N) is 1. The van der Waals surface area contributed by atoms with E-state index < -0.39 is 0 Å². The number of carbonyl (C=O) groups is 1. The van der Waals surface area contributed by atoms with Crippen LogP contribution in [0.25, 0.3) is 0 Å².